The molecule has 0 saturated carbocycles. The number of ketones is 1. The van der Waals surface area contributed by atoms with Crippen LogP contribution in [-0.4, -0.2) is 15.8 Å². The molecule has 0 aliphatic rings. The number of pyridine rings is 1. The summed E-state index contributed by atoms with van der Waals surface area (Å²) in [5.41, 5.74) is 2.19. The van der Waals surface area contributed by atoms with Gasteiger partial charge in [-0.15, -0.1) is 0 Å². The number of hydrogen-bond donors (Lipinski definition) is 1. The Morgan fingerprint density at radius 2 is 2.05 bits per heavy atom. The first kappa shape index (κ1) is 13.2. The number of carbonyl (C=O) groups is 1. The summed E-state index contributed by atoms with van der Waals surface area (Å²) in [6.07, 6.45) is 3.66. The third-order valence-corrected chi connectivity index (χ3v) is 3.84. The van der Waals surface area contributed by atoms with Gasteiger partial charge in [-0.2, -0.15) is 0 Å². The van der Waals surface area contributed by atoms with Crippen molar-refractivity contribution >= 4 is 40.0 Å². The molecule has 0 fully saturated rings. The summed E-state index contributed by atoms with van der Waals surface area (Å²) in [6.45, 7) is 0. The zero-order valence-electron chi connectivity index (χ0n) is 10.4. The zero-order valence-corrected chi connectivity index (χ0v) is 11.9. The number of benzene rings is 1. The molecule has 20 heavy (non-hydrogen) atoms. The minimum absolute atomic E-state index is 0.0163. The van der Waals surface area contributed by atoms with Crippen LogP contribution in [0, 0.1) is 0 Å². The number of nitrogens with one attached hydrogen (secondary N) is 1. The van der Waals surface area contributed by atoms with Crippen LogP contribution in [-0.2, 0) is 6.42 Å². The Morgan fingerprint density at radius 3 is 2.85 bits per heavy atom. The van der Waals surface area contributed by atoms with Crippen LogP contribution in [0.2, 0.25) is 10.0 Å². The van der Waals surface area contributed by atoms with Crippen LogP contribution in [0.5, 0.6) is 0 Å². The van der Waals surface area contributed by atoms with Crippen LogP contribution < -0.4 is 0 Å². The molecule has 1 aromatic carbocycles. The van der Waals surface area contributed by atoms with E-state index in [2.05, 4.69) is 9.97 Å². The lowest BCUT2D eigenvalue weighted by Crippen LogP contribution is -2.02. The maximum Gasteiger partial charge on any atom is 0.169 e. The van der Waals surface area contributed by atoms with Crippen molar-refractivity contribution in [3.05, 3.63) is 63.9 Å². The molecule has 0 saturated heterocycles. The molecule has 0 aliphatic carbocycles. The maximum atomic E-state index is 12.4. The van der Waals surface area contributed by atoms with E-state index in [-0.39, 0.29) is 12.2 Å². The lowest BCUT2D eigenvalue weighted by Gasteiger charge is -2.02. The molecule has 0 aliphatic heterocycles. The van der Waals surface area contributed by atoms with Crippen LogP contribution >= 0.6 is 23.2 Å². The minimum Gasteiger partial charge on any atom is -0.345 e. The number of aromatic amines is 1. The van der Waals surface area contributed by atoms with Crippen molar-refractivity contribution in [2.75, 3.05) is 0 Å². The number of Topliss-reactive ketones (excluding diaryl/α,β-unsaturated/α-hetero) is 1. The highest BCUT2D eigenvalue weighted by Crippen LogP contribution is 2.24. The summed E-state index contributed by atoms with van der Waals surface area (Å²) in [5.74, 6) is 0.0163. The molecule has 0 radical (unpaired) electrons. The topological polar surface area (TPSA) is 45.8 Å². The second-order valence-electron chi connectivity index (χ2n) is 4.45. The van der Waals surface area contributed by atoms with Gasteiger partial charge < -0.3 is 4.98 Å². The van der Waals surface area contributed by atoms with Crippen molar-refractivity contribution in [1.82, 2.24) is 9.97 Å². The second kappa shape index (κ2) is 5.27. The molecule has 2 heterocycles. The zero-order chi connectivity index (χ0) is 14.1. The molecule has 100 valence electrons. The molecule has 0 atom stereocenters. The van der Waals surface area contributed by atoms with Crippen molar-refractivity contribution in [1.29, 1.82) is 0 Å². The molecule has 2 aromatic heterocycles. The molecular formula is C15H10Cl2N2O. The SMILES string of the molecule is O=C(Cc1ccc(Cl)c(Cl)c1)c1c[nH]c2ncccc12. The molecule has 1 N–H and O–H groups in total. The second-order valence-corrected chi connectivity index (χ2v) is 5.26. The molecule has 3 nitrogen and oxygen atoms in total. The van der Waals surface area contributed by atoms with Crippen LogP contribution in [0.15, 0.2) is 42.7 Å². The number of aromatic nitrogens is 2. The summed E-state index contributed by atoms with van der Waals surface area (Å²) in [7, 11) is 0. The monoisotopic (exact) mass is 304 g/mol. The quantitative estimate of drug-likeness (QED) is 0.733. The Labute approximate surface area is 125 Å². The molecule has 5 heteroatoms. The average molecular weight is 305 g/mol. The lowest BCUT2D eigenvalue weighted by atomic mass is 10.0. The minimum atomic E-state index is 0.0163. The lowest BCUT2D eigenvalue weighted by molar-refractivity contribution is 0.0994. The summed E-state index contributed by atoms with van der Waals surface area (Å²) in [6, 6.07) is 8.91. The van der Waals surface area contributed by atoms with Crippen molar-refractivity contribution in [2.24, 2.45) is 0 Å². The van der Waals surface area contributed by atoms with E-state index >= 15 is 0 Å². The molecule has 0 bridgehead atoms. The normalized spacial score (nSPS) is 10.9. The van der Waals surface area contributed by atoms with Gasteiger partial charge in [0.2, 0.25) is 0 Å². The largest absolute Gasteiger partial charge is 0.345 e. The van der Waals surface area contributed by atoms with Crippen molar-refractivity contribution in [3.63, 3.8) is 0 Å². The maximum absolute atomic E-state index is 12.4. The van der Waals surface area contributed by atoms with Gasteiger partial charge in [0.05, 0.1) is 10.0 Å². The molecular weight excluding hydrogens is 295 g/mol. The van der Waals surface area contributed by atoms with Gasteiger partial charge in [-0.05, 0) is 29.8 Å². The van der Waals surface area contributed by atoms with Gasteiger partial charge in [-0.25, -0.2) is 4.98 Å². The van der Waals surface area contributed by atoms with Gasteiger partial charge in [0, 0.05) is 29.8 Å². The standard InChI is InChI=1S/C15H10Cl2N2O/c16-12-4-3-9(6-13(12)17)7-14(20)11-8-19-15-10(11)2-1-5-18-15/h1-6,8H,7H2,(H,18,19). The molecule has 3 rings (SSSR count). The summed E-state index contributed by atoms with van der Waals surface area (Å²) in [5, 5.41) is 1.77. The van der Waals surface area contributed by atoms with Crippen LogP contribution in [0.1, 0.15) is 15.9 Å². The van der Waals surface area contributed by atoms with E-state index in [1.54, 1.807) is 30.6 Å². The summed E-state index contributed by atoms with van der Waals surface area (Å²) in [4.78, 5) is 19.5. The Kier molecular flexibility index (Phi) is 3.47. The first-order valence-corrected chi connectivity index (χ1v) is 6.80. The Bertz CT molecular complexity index is 795. The Morgan fingerprint density at radius 1 is 1.20 bits per heavy atom. The predicted molar refractivity (Wildman–Crippen MR) is 80.6 cm³/mol. The molecule has 3 aromatic rings. The van der Waals surface area contributed by atoms with Crippen molar-refractivity contribution in [2.45, 2.75) is 6.42 Å². The summed E-state index contributed by atoms with van der Waals surface area (Å²) >= 11 is 11.8. The van der Waals surface area contributed by atoms with Crippen LogP contribution in [0.3, 0.4) is 0 Å². The number of halogens is 2. The van der Waals surface area contributed by atoms with Gasteiger partial charge in [0.1, 0.15) is 5.65 Å². The van der Waals surface area contributed by atoms with Gasteiger partial charge in [-0.3, -0.25) is 4.79 Å². The number of fused-ring (bicyclic) bond motifs is 1. The number of carbonyl (C=O) groups excluding carboxylic acids is 1. The van der Waals surface area contributed by atoms with Crippen molar-refractivity contribution in [3.8, 4) is 0 Å². The Balaban J connectivity index is 1.91. The van der Waals surface area contributed by atoms with E-state index in [0.29, 0.717) is 21.3 Å². The predicted octanol–water partition coefficient (Wildman–Crippen LogP) is 4.30. The van der Waals surface area contributed by atoms with Crippen molar-refractivity contribution < 1.29 is 4.79 Å². The van der Waals surface area contributed by atoms with Crippen LogP contribution in [0.25, 0.3) is 11.0 Å². The number of nitrogens with zero attached hydrogens (tertiary/aromatic N) is 1. The Hall–Kier alpha value is -1.84. The number of hydrogen-bond acceptors (Lipinski definition) is 2. The fraction of sp³-hybridized carbons (Fsp3) is 0.0667. The average Bonchev–Trinajstić information content (AvgIpc) is 2.87. The fourth-order valence-electron chi connectivity index (χ4n) is 2.12. The first-order valence-electron chi connectivity index (χ1n) is 6.04. The van der Waals surface area contributed by atoms with E-state index in [1.807, 2.05) is 12.1 Å². The van der Waals surface area contributed by atoms with Crippen LogP contribution in [0.4, 0.5) is 0 Å². The third-order valence-electron chi connectivity index (χ3n) is 3.10. The highest BCUT2D eigenvalue weighted by Gasteiger charge is 2.13. The summed E-state index contributed by atoms with van der Waals surface area (Å²) < 4.78 is 0. The van der Waals surface area contributed by atoms with E-state index < -0.39 is 0 Å². The van der Waals surface area contributed by atoms with E-state index in [1.165, 1.54) is 0 Å². The molecule has 0 spiro atoms. The fourth-order valence-corrected chi connectivity index (χ4v) is 2.44. The third kappa shape index (κ3) is 2.42. The molecule has 0 unspecified atom stereocenters. The highest BCUT2D eigenvalue weighted by atomic mass is 35.5. The smallest absolute Gasteiger partial charge is 0.169 e. The van der Waals surface area contributed by atoms with E-state index in [9.17, 15) is 4.79 Å². The van der Waals surface area contributed by atoms with Gasteiger partial charge in [0.25, 0.3) is 0 Å². The van der Waals surface area contributed by atoms with E-state index in [0.717, 1.165) is 10.9 Å². The number of H-pyrrole nitrogens is 1. The van der Waals surface area contributed by atoms with E-state index in [4.69, 9.17) is 23.2 Å². The molecule has 0 amide bonds. The van der Waals surface area contributed by atoms with Gasteiger partial charge in [-0.1, -0.05) is 29.3 Å². The van der Waals surface area contributed by atoms with Gasteiger partial charge >= 0.3 is 0 Å². The highest BCUT2D eigenvalue weighted by molar-refractivity contribution is 6.42. The first-order chi connectivity index (χ1) is 9.65. The van der Waals surface area contributed by atoms with Gasteiger partial charge in [0.15, 0.2) is 5.78 Å². The number of rotatable bonds is 3.